The third-order valence-electron chi connectivity index (χ3n) is 4.77. The predicted molar refractivity (Wildman–Crippen MR) is 114 cm³/mol. The van der Waals surface area contributed by atoms with Gasteiger partial charge in [-0.15, -0.1) is 11.8 Å². The van der Waals surface area contributed by atoms with Gasteiger partial charge in [0.2, 0.25) is 0 Å². The number of rotatable bonds is 9. The van der Waals surface area contributed by atoms with Gasteiger partial charge in [0.05, 0.1) is 16.3 Å². The van der Waals surface area contributed by atoms with Crippen LogP contribution >= 0.6 is 11.8 Å². The minimum atomic E-state index is -4.11. The highest BCUT2D eigenvalue weighted by Crippen LogP contribution is 2.33. The summed E-state index contributed by atoms with van der Waals surface area (Å²) in [6.45, 7) is 10.4. The number of hydrogen-bond acceptors (Lipinski definition) is 3. The Hall–Kier alpha value is -1.50. The van der Waals surface area contributed by atoms with E-state index < -0.39 is 12.6 Å². The summed E-state index contributed by atoms with van der Waals surface area (Å²) in [5.74, 6) is 1.04. The fraction of sp³-hybridized carbons (Fsp3) is 0.636. The van der Waals surface area contributed by atoms with Gasteiger partial charge in [-0.25, -0.2) is 4.98 Å². The molecule has 1 aromatic heterocycles. The fourth-order valence-electron chi connectivity index (χ4n) is 3.35. The first-order chi connectivity index (χ1) is 13.4. The highest BCUT2D eigenvalue weighted by molar-refractivity contribution is 8.00. The molecule has 0 aliphatic heterocycles. The molecule has 7 heteroatoms. The number of fused-ring (bicyclic) bond motifs is 1. The lowest BCUT2D eigenvalue weighted by Gasteiger charge is -2.20. The molecule has 1 aromatic carbocycles. The van der Waals surface area contributed by atoms with E-state index in [-0.39, 0.29) is 22.9 Å². The molecule has 0 bridgehead atoms. The van der Waals surface area contributed by atoms with Crippen LogP contribution in [0.25, 0.3) is 11.0 Å². The minimum Gasteiger partial charge on any atom is -0.328 e. The van der Waals surface area contributed by atoms with Gasteiger partial charge in [-0.1, -0.05) is 34.1 Å². The summed E-state index contributed by atoms with van der Waals surface area (Å²) in [5.41, 5.74) is 1.54. The van der Waals surface area contributed by atoms with Crippen LogP contribution in [0, 0.1) is 0 Å². The zero-order valence-corrected chi connectivity index (χ0v) is 18.7. The van der Waals surface area contributed by atoms with Crippen molar-refractivity contribution < 1.29 is 18.0 Å². The second kappa shape index (κ2) is 9.54. The number of Topliss-reactive ketones (excluding diaryl/α,β-unsaturated/α-hetero) is 1. The van der Waals surface area contributed by atoms with Crippen molar-refractivity contribution in [2.24, 2.45) is 0 Å². The first-order valence-corrected chi connectivity index (χ1v) is 11.0. The van der Waals surface area contributed by atoms with Gasteiger partial charge in [0.25, 0.3) is 0 Å². The Morgan fingerprint density at radius 3 is 2.45 bits per heavy atom. The number of nitrogens with zero attached hydrogens (tertiary/aromatic N) is 2. The number of carbonyl (C=O) groups is 1. The Bertz CT molecular complexity index is 837. The Morgan fingerprint density at radius 2 is 1.90 bits per heavy atom. The van der Waals surface area contributed by atoms with E-state index in [1.165, 1.54) is 0 Å². The van der Waals surface area contributed by atoms with Crippen molar-refractivity contribution in [2.75, 3.05) is 0 Å². The van der Waals surface area contributed by atoms with E-state index >= 15 is 0 Å². The van der Waals surface area contributed by atoms with Crippen LogP contribution in [0.2, 0.25) is 0 Å². The van der Waals surface area contributed by atoms with Gasteiger partial charge in [-0.05, 0) is 44.4 Å². The van der Waals surface area contributed by atoms with Crippen LogP contribution in [-0.2, 0) is 16.8 Å². The predicted octanol–water partition coefficient (Wildman–Crippen LogP) is 6.92. The molecule has 0 radical (unpaired) electrons. The van der Waals surface area contributed by atoms with Crippen molar-refractivity contribution >= 4 is 28.6 Å². The molecular formula is C22H31F3N2OS. The van der Waals surface area contributed by atoms with Gasteiger partial charge >= 0.3 is 6.18 Å². The van der Waals surface area contributed by atoms with Crippen LogP contribution < -0.4 is 0 Å². The van der Waals surface area contributed by atoms with Crippen molar-refractivity contribution in [3.63, 3.8) is 0 Å². The molecule has 0 spiro atoms. The third-order valence-corrected chi connectivity index (χ3v) is 6.14. The molecule has 0 aliphatic rings. The smallest absolute Gasteiger partial charge is 0.328 e. The summed E-state index contributed by atoms with van der Waals surface area (Å²) >= 11 is 1.56. The molecule has 1 atom stereocenters. The lowest BCUT2D eigenvalue weighted by atomic mass is 9.95. The second-order valence-electron chi connectivity index (χ2n) is 8.57. The maximum Gasteiger partial charge on any atom is 0.389 e. The number of aromatic nitrogens is 2. The van der Waals surface area contributed by atoms with E-state index in [0.717, 1.165) is 34.6 Å². The molecule has 0 N–H and O–H groups in total. The molecule has 1 heterocycles. The Labute approximate surface area is 175 Å². The highest BCUT2D eigenvalue weighted by Gasteiger charge is 2.27. The molecule has 29 heavy (non-hydrogen) atoms. The van der Waals surface area contributed by atoms with E-state index in [1.807, 2.05) is 18.2 Å². The number of unbranched alkanes of at least 4 members (excludes halogenated alkanes) is 1. The zero-order valence-electron chi connectivity index (χ0n) is 17.9. The van der Waals surface area contributed by atoms with Crippen LogP contribution in [0.15, 0.2) is 23.1 Å². The van der Waals surface area contributed by atoms with Gasteiger partial charge in [0.1, 0.15) is 11.6 Å². The number of thioether (sulfide) groups is 1. The van der Waals surface area contributed by atoms with Crippen LogP contribution in [0.3, 0.4) is 0 Å². The van der Waals surface area contributed by atoms with Crippen molar-refractivity contribution in [3.05, 3.63) is 24.0 Å². The topological polar surface area (TPSA) is 34.9 Å². The van der Waals surface area contributed by atoms with E-state index in [9.17, 15) is 18.0 Å². The molecule has 2 aromatic rings. The number of hydrogen-bond donors (Lipinski definition) is 0. The molecule has 2 rings (SSSR count). The van der Waals surface area contributed by atoms with Crippen molar-refractivity contribution in [3.8, 4) is 0 Å². The summed E-state index contributed by atoms with van der Waals surface area (Å²) in [7, 11) is 0. The summed E-state index contributed by atoms with van der Waals surface area (Å²) < 4.78 is 39.4. The molecule has 0 amide bonds. The maximum atomic E-state index is 12.5. The number of carbonyl (C=O) groups excluding carboxylic acids is 1. The van der Waals surface area contributed by atoms with Crippen LogP contribution in [0.5, 0.6) is 0 Å². The van der Waals surface area contributed by atoms with Crippen LogP contribution in [-0.4, -0.2) is 26.8 Å². The van der Waals surface area contributed by atoms with E-state index in [4.69, 9.17) is 4.98 Å². The largest absolute Gasteiger partial charge is 0.389 e. The third kappa shape index (κ3) is 6.76. The van der Waals surface area contributed by atoms with Gasteiger partial charge in [0.15, 0.2) is 0 Å². The van der Waals surface area contributed by atoms with Crippen LogP contribution in [0.4, 0.5) is 13.2 Å². The van der Waals surface area contributed by atoms with Gasteiger partial charge in [-0.2, -0.15) is 13.2 Å². The first-order valence-electron chi connectivity index (χ1n) is 10.2. The average molecular weight is 429 g/mol. The Balaban J connectivity index is 2.29. The molecule has 3 nitrogen and oxygen atoms in total. The van der Waals surface area contributed by atoms with Crippen molar-refractivity contribution in [1.82, 2.24) is 9.55 Å². The van der Waals surface area contributed by atoms with Gasteiger partial charge < -0.3 is 4.57 Å². The SMILES string of the molecule is CCCC(Sc1ccc2c(c1)nc(C(C)(C)C)n2CCCCC(F)(F)F)C(C)=O. The zero-order chi connectivity index (χ0) is 21.8. The van der Waals surface area contributed by atoms with Gasteiger partial charge in [-0.3, -0.25) is 4.79 Å². The fourth-order valence-corrected chi connectivity index (χ4v) is 4.52. The number of ketones is 1. The van der Waals surface area contributed by atoms with Crippen molar-refractivity contribution in [2.45, 2.75) is 95.0 Å². The Morgan fingerprint density at radius 1 is 1.21 bits per heavy atom. The molecule has 0 saturated heterocycles. The molecule has 1 unspecified atom stereocenters. The monoisotopic (exact) mass is 428 g/mol. The van der Waals surface area contributed by atoms with Crippen LogP contribution in [0.1, 0.15) is 72.5 Å². The van der Waals surface area contributed by atoms with Gasteiger partial charge in [0, 0.05) is 23.3 Å². The highest BCUT2D eigenvalue weighted by atomic mass is 32.2. The molecule has 0 saturated carbocycles. The number of imidazole rings is 1. The van der Waals surface area contributed by atoms with E-state index in [1.54, 1.807) is 18.7 Å². The molecule has 0 aliphatic carbocycles. The number of alkyl halides is 3. The average Bonchev–Trinajstić information content (AvgIpc) is 2.95. The molecule has 0 fully saturated rings. The summed E-state index contributed by atoms with van der Waals surface area (Å²) in [4.78, 5) is 17.7. The first kappa shape index (κ1) is 23.8. The number of benzene rings is 1. The lowest BCUT2D eigenvalue weighted by Crippen LogP contribution is -2.19. The van der Waals surface area contributed by atoms with Crippen molar-refractivity contribution in [1.29, 1.82) is 0 Å². The van der Waals surface area contributed by atoms with E-state index in [2.05, 4.69) is 32.3 Å². The second-order valence-corrected chi connectivity index (χ2v) is 9.84. The molecular weight excluding hydrogens is 397 g/mol. The minimum absolute atomic E-state index is 0.0657. The Kier molecular flexibility index (Phi) is 7.82. The van der Waals surface area contributed by atoms with E-state index in [0.29, 0.717) is 13.0 Å². The lowest BCUT2D eigenvalue weighted by molar-refractivity contribution is -0.135. The quantitative estimate of drug-likeness (QED) is 0.321. The summed E-state index contributed by atoms with van der Waals surface area (Å²) in [6.07, 6.45) is -2.53. The number of aryl methyl sites for hydroxylation is 1. The standard InChI is InChI=1S/C22H31F3N2OS/c1-6-9-19(15(2)28)29-16-10-11-18-17(14-16)26-20(21(3,4)5)27(18)13-8-7-12-22(23,24)25/h10-11,14,19H,6-9,12-13H2,1-5H3. The summed E-state index contributed by atoms with van der Waals surface area (Å²) in [5, 5.41) is -0.0657. The normalized spacial score (nSPS) is 13.8. The summed E-state index contributed by atoms with van der Waals surface area (Å²) in [6, 6.07) is 5.96. The maximum absolute atomic E-state index is 12.5. The number of halogens is 3. The molecule has 162 valence electrons.